The topological polar surface area (TPSA) is 68.3 Å². The van der Waals surface area contributed by atoms with Gasteiger partial charge in [0, 0.05) is 28.8 Å². The van der Waals surface area contributed by atoms with Crippen molar-refractivity contribution in [2.45, 2.75) is 33.0 Å². The van der Waals surface area contributed by atoms with Gasteiger partial charge in [-0.15, -0.1) is 22.7 Å². The SMILES string of the molecule is Cc1ccc(-c2csc3ncn(CCC(=O)N(Cc4ccco4)Cc4cccs4)c(=O)c23)cc1. The van der Waals surface area contributed by atoms with E-state index in [-0.39, 0.29) is 24.4 Å². The van der Waals surface area contributed by atoms with E-state index in [1.54, 1.807) is 33.4 Å². The molecular weight excluding hydrogens is 466 g/mol. The number of hydrogen-bond donors (Lipinski definition) is 0. The molecular formula is C26H23N3O3S2. The zero-order valence-corrected chi connectivity index (χ0v) is 20.3. The lowest BCUT2D eigenvalue weighted by Crippen LogP contribution is -2.31. The molecule has 4 heterocycles. The average molecular weight is 490 g/mol. The molecule has 1 aromatic carbocycles. The highest BCUT2D eigenvalue weighted by Gasteiger charge is 2.18. The normalized spacial score (nSPS) is 11.2. The Balaban J connectivity index is 1.37. The lowest BCUT2D eigenvalue weighted by molar-refractivity contribution is -0.132. The first-order valence-corrected chi connectivity index (χ1v) is 12.7. The Labute approximate surface area is 204 Å². The summed E-state index contributed by atoms with van der Waals surface area (Å²) < 4.78 is 7.01. The second-order valence-corrected chi connectivity index (χ2v) is 9.99. The van der Waals surface area contributed by atoms with Crippen molar-refractivity contribution in [3.63, 3.8) is 0 Å². The molecule has 34 heavy (non-hydrogen) atoms. The van der Waals surface area contributed by atoms with E-state index in [1.807, 2.05) is 66.2 Å². The number of aryl methyl sites for hydroxylation is 2. The van der Waals surface area contributed by atoms with Gasteiger partial charge in [0.2, 0.25) is 5.91 Å². The number of amides is 1. The van der Waals surface area contributed by atoms with Crippen molar-refractivity contribution in [1.29, 1.82) is 0 Å². The van der Waals surface area contributed by atoms with E-state index < -0.39 is 0 Å². The summed E-state index contributed by atoms with van der Waals surface area (Å²) in [6.45, 7) is 3.20. The van der Waals surface area contributed by atoms with Crippen LogP contribution in [0, 0.1) is 6.92 Å². The Kier molecular flexibility index (Phi) is 6.42. The first-order chi connectivity index (χ1) is 16.6. The van der Waals surface area contributed by atoms with Crippen LogP contribution in [0.25, 0.3) is 21.3 Å². The maximum absolute atomic E-state index is 13.3. The van der Waals surface area contributed by atoms with Crippen LogP contribution < -0.4 is 5.56 Å². The Morgan fingerprint density at radius 3 is 2.68 bits per heavy atom. The molecule has 5 rings (SSSR count). The quantitative estimate of drug-likeness (QED) is 0.280. The highest BCUT2D eigenvalue weighted by Crippen LogP contribution is 2.30. The van der Waals surface area contributed by atoms with E-state index in [9.17, 15) is 9.59 Å². The standard InChI is InChI=1S/C26H23N3O3S2/c1-18-6-8-19(9-7-18)22-16-34-25-24(22)26(31)28(17-27-25)11-10-23(30)29(14-20-4-2-12-32-20)15-21-5-3-13-33-21/h2-9,12-13,16-17H,10-11,14-15H2,1H3. The van der Waals surface area contributed by atoms with Crippen LogP contribution in [-0.2, 0) is 24.4 Å². The number of carbonyl (C=O) groups is 1. The minimum Gasteiger partial charge on any atom is -0.467 e. The first-order valence-electron chi connectivity index (χ1n) is 10.9. The fraction of sp³-hybridized carbons (Fsp3) is 0.192. The number of benzene rings is 1. The summed E-state index contributed by atoms with van der Waals surface area (Å²) >= 11 is 3.07. The number of hydrogen-bond acceptors (Lipinski definition) is 6. The third-order valence-corrected chi connectivity index (χ3v) is 7.44. The third-order valence-electron chi connectivity index (χ3n) is 5.70. The fourth-order valence-corrected chi connectivity index (χ4v) is 5.49. The number of rotatable bonds is 8. The summed E-state index contributed by atoms with van der Waals surface area (Å²) in [6.07, 6.45) is 3.35. The summed E-state index contributed by atoms with van der Waals surface area (Å²) in [7, 11) is 0. The van der Waals surface area contributed by atoms with Crippen LogP contribution in [0.5, 0.6) is 0 Å². The monoisotopic (exact) mass is 489 g/mol. The zero-order chi connectivity index (χ0) is 23.5. The average Bonchev–Trinajstić information content (AvgIpc) is 3.61. The largest absolute Gasteiger partial charge is 0.467 e. The molecule has 0 radical (unpaired) electrons. The van der Waals surface area contributed by atoms with Crippen molar-refractivity contribution in [3.05, 3.63) is 98.4 Å². The molecule has 5 aromatic rings. The van der Waals surface area contributed by atoms with Crippen molar-refractivity contribution in [2.24, 2.45) is 0 Å². The molecule has 0 N–H and O–H groups in total. The summed E-state index contributed by atoms with van der Waals surface area (Å²) in [5.41, 5.74) is 2.92. The van der Waals surface area contributed by atoms with Crippen molar-refractivity contribution >= 4 is 38.8 Å². The molecule has 0 bridgehead atoms. The number of furan rings is 1. The molecule has 6 nitrogen and oxygen atoms in total. The van der Waals surface area contributed by atoms with Gasteiger partial charge in [-0.3, -0.25) is 14.2 Å². The Morgan fingerprint density at radius 2 is 1.94 bits per heavy atom. The maximum atomic E-state index is 13.3. The lowest BCUT2D eigenvalue weighted by Gasteiger charge is -2.21. The number of carbonyl (C=O) groups excluding carboxylic acids is 1. The zero-order valence-electron chi connectivity index (χ0n) is 18.6. The number of aromatic nitrogens is 2. The minimum absolute atomic E-state index is 0.0409. The van der Waals surface area contributed by atoms with Crippen LogP contribution in [0.2, 0.25) is 0 Å². The molecule has 0 spiro atoms. The highest BCUT2D eigenvalue weighted by atomic mass is 32.1. The van der Waals surface area contributed by atoms with Gasteiger partial charge in [0.05, 0.1) is 31.1 Å². The van der Waals surface area contributed by atoms with Crippen LogP contribution in [0.3, 0.4) is 0 Å². The molecule has 0 aliphatic heterocycles. The third kappa shape index (κ3) is 4.73. The predicted molar refractivity (Wildman–Crippen MR) is 136 cm³/mol. The summed E-state index contributed by atoms with van der Waals surface area (Å²) in [6, 6.07) is 15.8. The van der Waals surface area contributed by atoms with E-state index in [0.29, 0.717) is 23.3 Å². The highest BCUT2D eigenvalue weighted by molar-refractivity contribution is 7.17. The van der Waals surface area contributed by atoms with Gasteiger partial charge in [-0.05, 0) is 36.1 Å². The van der Waals surface area contributed by atoms with Crippen molar-refractivity contribution in [2.75, 3.05) is 0 Å². The van der Waals surface area contributed by atoms with Gasteiger partial charge >= 0.3 is 0 Å². The molecule has 4 aromatic heterocycles. The Morgan fingerprint density at radius 1 is 1.09 bits per heavy atom. The molecule has 0 saturated heterocycles. The Bertz CT molecular complexity index is 1410. The second-order valence-electron chi connectivity index (χ2n) is 8.10. The summed E-state index contributed by atoms with van der Waals surface area (Å²) in [4.78, 5) is 34.6. The van der Waals surface area contributed by atoms with Gasteiger partial charge in [0.25, 0.3) is 5.56 Å². The van der Waals surface area contributed by atoms with Gasteiger partial charge in [-0.2, -0.15) is 0 Å². The molecule has 0 fully saturated rings. The molecule has 172 valence electrons. The molecule has 0 unspecified atom stereocenters. The molecule has 0 saturated carbocycles. The van der Waals surface area contributed by atoms with E-state index in [4.69, 9.17) is 4.42 Å². The van der Waals surface area contributed by atoms with E-state index in [2.05, 4.69) is 4.98 Å². The lowest BCUT2D eigenvalue weighted by atomic mass is 10.1. The van der Waals surface area contributed by atoms with Gasteiger partial charge in [0.15, 0.2) is 0 Å². The van der Waals surface area contributed by atoms with E-state index >= 15 is 0 Å². The van der Waals surface area contributed by atoms with E-state index in [0.717, 1.165) is 21.8 Å². The smallest absolute Gasteiger partial charge is 0.262 e. The van der Waals surface area contributed by atoms with Crippen LogP contribution in [0.1, 0.15) is 22.6 Å². The van der Waals surface area contributed by atoms with Gasteiger partial charge < -0.3 is 9.32 Å². The van der Waals surface area contributed by atoms with Crippen LogP contribution in [0.4, 0.5) is 0 Å². The van der Waals surface area contributed by atoms with Gasteiger partial charge in [-0.1, -0.05) is 35.9 Å². The Hall–Kier alpha value is -3.49. The predicted octanol–water partition coefficient (Wildman–Crippen LogP) is 5.71. The van der Waals surface area contributed by atoms with Crippen molar-refractivity contribution in [3.8, 4) is 11.1 Å². The minimum atomic E-state index is -0.120. The summed E-state index contributed by atoms with van der Waals surface area (Å²) in [5.74, 6) is 0.687. The number of thiophene rings is 2. The second kappa shape index (κ2) is 9.79. The molecule has 0 atom stereocenters. The van der Waals surface area contributed by atoms with Gasteiger partial charge in [0.1, 0.15) is 10.6 Å². The van der Waals surface area contributed by atoms with Crippen LogP contribution in [-0.4, -0.2) is 20.4 Å². The van der Waals surface area contributed by atoms with E-state index in [1.165, 1.54) is 16.9 Å². The first kappa shape index (κ1) is 22.3. The summed E-state index contributed by atoms with van der Waals surface area (Å²) in [5, 5.41) is 4.58. The number of nitrogens with zero attached hydrogens (tertiary/aromatic N) is 3. The molecule has 1 amide bonds. The van der Waals surface area contributed by atoms with Gasteiger partial charge in [-0.25, -0.2) is 4.98 Å². The number of fused-ring (bicyclic) bond motifs is 1. The molecule has 8 heteroatoms. The fourth-order valence-electron chi connectivity index (χ4n) is 3.86. The van der Waals surface area contributed by atoms with Crippen molar-refractivity contribution in [1.82, 2.24) is 14.5 Å². The van der Waals surface area contributed by atoms with Crippen molar-refractivity contribution < 1.29 is 9.21 Å². The molecule has 0 aliphatic carbocycles. The molecule has 0 aliphatic rings. The van der Waals surface area contributed by atoms with Crippen LogP contribution >= 0.6 is 22.7 Å². The van der Waals surface area contributed by atoms with Crippen LogP contribution in [0.15, 0.2) is 81.1 Å². The maximum Gasteiger partial charge on any atom is 0.262 e.